The third-order valence-electron chi connectivity index (χ3n) is 11.7. The van der Waals surface area contributed by atoms with Crippen molar-refractivity contribution < 1.29 is 58.4 Å². The van der Waals surface area contributed by atoms with Crippen LogP contribution in [0.5, 0.6) is 0 Å². The van der Waals surface area contributed by atoms with Crippen molar-refractivity contribution in [2.75, 3.05) is 21.3 Å². The monoisotopic (exact) mass is 790 g/mol. The van der Waals surface area contributed by atoms with Crippen molar-refractivity contribution in [1.82, 2.24) is 0 Å². The van der Waals surface area contributed by atoms with E-state index in [1.54, 1.807) is 26.0 Å². The lowest BCUT2D eigenvalue weighted by Gasteiger charge is -2.51. The second kappa shape index (κ2) is 21.9. The van der Waals surface area contributed by atoms with E-state index < -0.39 is 84.8 Å². The summed E-state index contributed by atoms with van der Waals surface area (Å²) in [6, 6.07) is 0. The molecule has 16 unspecified atom stereocenters. The molecule has 3 rings (SSSR count). The zero-order chi connectivity index (χ0) is 41.9. The van der Waals surface area contributed by atoms with E-state index in [0.717, 1.165) is 11.1 Å². The molecule has 0 amide bonds. The molecule has 12 heteroatoms. The number of methoxy groups -OCH3 is 3. The molecule has 3 heterocycles. The predicted octanol–water partition coefficient (Wildman–Crippen LogP) is 5.70. The average Bonchev–Trinajstić information content (AvgIpc) is 3.16. The van der Waals surface area contributed by atoms with Crippen molar-refractivity contribution in [1.29, 1.82) is 0 Å². The van der Waals surface area contributed by atoms with Gasteiger partial charge in [0.2, 0.25) is 5.76 Å². The van der Waals surface area contributed by atoms with E-state index in [1.807, 2.05) is 91.0 Å². The van der Waals surface area contributed by atoms with E-state index in [0.29, 0.717) is 6.42 Å². The molecule has 0 aromatic heterocycles. The van der Waals surface area contributed by atoms with E-state index in [4.69, 9.17) is 33.2 Å². The normalized spacial score (nSPS) is 42.1. The molecular weight excluding hydrogens is 720 g/mol. The highest BCUT2D eigenvalue weighted by Crippen LogP contribution is 2.44. The molecule has 0 aromatic carbocycles. The summed E-state index contributed by atoms with van der Waals surface area (Å²) in [6.07, 6.45) is 9.62. The predicted molar refractivity (Wildman–Crippen MR) is 214 cm³/mol. The van der Waals surface area contributed by atoms with E-state index in [9.17, 15) is 25.2 Å². The summed E-state index contributed by atoms with van der Waals surface area (Å²) >= 11 is 0. The highest BCUT2D eigenvalue weighted by Gasteiger charge is 2.53. The first-order valence-electron chi connectivity index (χ1n) is 20.0. The van der Waals surface area contributed by atoms with Crippen LogP contribution < -0.4 is 0 Å². The van der Waals surface area contributed by atoms with Crippen LogP contribution in [0.15, 0.2) is 71.6 Å². The van der Waals surface area contributed by atoms with E-state index in [1.165, 1.54) is 21.3 Å². The van der Waals surface area contributed by atoms with E-state index in [-0.39, 0.29) is 36.4 Å². The fourth-order valence-corrected chi connectivity index (χ4v) is 8.05. The number of aliphatic hydroxyl groups excluding tert-OH is 4. The molecule has 0 radical (unpaired) electrons. The van der Waals surface area contributed by atoms with Gasteiger partial charge in [-0.1, -0.05) is 94.4 Å². The smallest absolute Gasteiger partial charge is 0.373 e. The minimum Gasteiger partial charge on any atom is -0.490 e. The number of hydrogen-bond acceptors (Lipinski definition) is 12. The van der Waals surface area contributed by atoms with Crippen molar-refractivity contribution in [2.45, 2.75) is 149 Å². The summed E-state index contributed by atoms with van der Waals surface area (Å²) in [5.74, 6) is -4.01. The first-order chi connectivity index (χ1) is 26.4. The maximum atomic E-state index is 13.8. The first kappa shape index (κ1) is 47.7. The number of esters is 1. The van der Waals surface area contributed by atoms with Crippen LogP contribution in [0.2, 0.25) is 0 Å². The maximum Gasteiger partial charge on any atom is 0.373 e. The van der Waals surface area contributed by atoms with Crippen LogP contribution in [-0.2, 0) is 38.0 Å². The van der Waals surface area contributed by atoms with Gasteiger partial charge in [-0.2, -0.15) is 0 Å². The van der Waals surface area contributed by atoms with Gasteiger partial charge in [0, 0.05) is 50.7 Å². The number of carbonyl (C=O) groups excluding carboxylic acids is 1. The largest absolute Gasteiger partial charge is 0.490 e. The molecule has 3 aliphatic rings. The van der Waals surface area contributed by atoms with Crippen LogP contribution in [0.4, 0.5) is 0 Å². The lowest BCUT2D eigenvalue weighted by Crippen LogP contribution is -2.60. The van der Waals surface area contributed by atoms with Gasteiger partial charge in [-0.15, -0.1) is 0 Å². The Morgan fingerprint density at radius 1 is 1.02 bits per heavy atom. The Hall–Kier alpha value is -2.65. The third-order valence-corrected chi connectivity index (χ3v) is 11.7. The molecule has 2 saturated heterocycles. The molecule has 0 spiro atoms. The molecule has 0 aromatic rings. The molecule has 56 heavy (non-hydrogen) atoms. The average molecular weight is 791 g/mol. The SMILES string of the molecule is C/C=C/C=C/C1OC(OC)(C(C)C(O)C(C)C2OC(=O)/C(OC)=C\C(C)=C\C(C)C(O)C(C)C/C(C)=C/C=C/C2OC)CC(OC2CC(O)C(O)C(C)O2)C1C. The zero-order valence-corrected chi connectivity index (χ0v) is 35.5. The molecule has 4 N–H and O–H groups in total. The summed E-state index contributed by atoms with van der Waals surface area (Å²) in [6.45, 7) is 17.0. The fraction of sp³-hybridized carbons (Fsp3) is 0.705. The Labute approximate surface area is 334 Å². The van der Waals surface area contributed by atoms with Crippen molar-refractivity contribution in [2.24, 2.45) is 29.6 Å². The van der Waals surface area contributed by atoms with Gasteiger partial charge in [0.1, 0.15) is 18.3 Å². The molecule has 16 atom stereocenters. The summed E-state index contributed by atoms with van der Waals surface area (Å²) in [5.41, 5.74) is 1.77. The maximum absolute atomic E-state index is 13.8. The Bertz CT molecular complexity index is 1420. The molecule has 0 saturated carbocycles. The number of aliphatic hydroxyl groups is 4. The highest BCUT2D eigenvalue weighted by molar-refractivity contribution is 5.87. The Kier molecular flexibility index (Phi) is 18.7. The van der Waals surface area contributed by atoms with Gasteiger partial charge >= 0.3 is 5.97 Å². The number of allylic oxidation sites excluding steroid dienone is 8. The second-order valence-electron chi connectivity index (χ2n) is 16.1. The standard InChI is InChI=1S/C44H70O12/c1-13-14-15-18-34-29(6)37(54-38-23-33(45)41(48)32(9)53-38)24-44(52-12,56-34)31(8)40(47)30(7)42-35(50-10)19-16-17-25(2)20-27(4)39(46)28(5)21-26(3)22-36(51-11)43(49)55-42/h13-19,21-22,27-35,37-42,45-48H,20,23-24H2,1-12H3/b14-13+,18-15+,19-16+,25-17+,26-21+,36-22+. The molecular formula is C44H70O12. The van der Waals surface area contributed by atoms with Crippen molar-refractivity contribution in [3.8, 4) is 0 Å². The van der Waals surface area contributed by atoms with Gasteiger partial charge in [-0.25, -0.2) is 4.79 Å². The number of rotatable bonds is 11. The van der Waals surface area contributed by atoms with Crippen LogP contribution >= 0.6 is 0 Å². The van der Waals surface area contributed by atoms with Gasteiger partial charge in [-0.05, 0) is 46.1 Å². The first-order valence-corrected chi connectivity index (χ1v) is 20.0. The van der Waals surface area contributed by atoms with Crippen LogP contribution in [0, 0.1) is 29.6 Å². The Balaban J connectivity index is 2.04. The summed E-state index contributed by atoms with van der Waals surface area (Å²) < 4.78 is 43.1. The molecule has 0 aliphatic carbocycles. The lowest BCUT2D eigenvalue weighted by molar-refractivity contribution is -0.346. The van der Waals surface area contributed by atoms with Gasteiger partial charge in [0.15, 0.2) is 12.1 Å². The zero-order valence-electron chi connectivity index (χ0n) is 35.5. The summed E-state index contributed by atoms with van der Waals surface area (Å²) in [5, 5.41) is 44.1. The van der Waals surface area contributed by atoms with Gasteiger partial charge in [-0.3, -0.25) is 0 Å². The summed E-state index contributed by atoms with van der Waals surface area (Å²) in [7, 11) is 4.44. The van der Waals surface area contributed by atoms with Crippen LogP contribution in [-0.4, -0.2) is 115 Å². The van der Waals surface area contributed by atoms with Crippen molar-refractivity contribution >= 4 is 5.97 Å². The van der Waals surface area contributed by atoms with Gasteiger partial charge < -0.3 is 53.6 Å². The molecule has 12 nitrogen and oxygen atoms in total. The van der Waals surface area contributed by atoms with Gasteiger partial charge in [0.25, 0.3) is 0 Å². The van der Waals surface area contributed by atoms with Gasteiger partial charge in [0.05, 0.1) is 43.7 Å². The molecule has 0 bridgehead atoms. The van der Waals surface area contributed by atoms with Crippen LogP contribution in [0.25, 0.3) is 0 Å². The third kappa shape index (κ3) is 12.2. The fourth-order valence-electron chi connectivity index (χ4n) is 8.05. The van der Waals surface area contributed by atoms with E-state index >= 15 is 0 Å². The number of carbonyl (C=O) groups is 1. The van der Waals surface area contributed by atoms with Crippen molar-refractivity contribution in [3.05, 3.63) is 71.6 Å². The number of hydrogen-bond donors (Lipinski definition) is 4. The molecule has 318 valence electrons. The molecule has 3 aliphatic heterocycles. The number of cyclic esters (lactones) is 1. The summed E-state index contributed by atoms with van der Waals surface area (Å²) in [4.78, 5) is 13.8. The second-order valence-corrected chi connectivity index (χ2v) is 16.1. The Morgan fingerprint density at radius 3 is 2.32 bits per heavy atom. The van der Waals surface area contributed by atoms with Crippen molar-refractivity contribution in [3.63, 3.8) is 0 Å². The van der Waals surface area contributed by atoms with Crippen LogP contribution in [0.3, 0.4) is 0 Å². The number of ether oxygens (including phenoxy) is 7. The highest BCUT2D eigenvalue weighted by atomic mass is 16.7. The molecule has 2 fully saturated rings. The Morgan fingerprint density at radius 2 is 1.71 bits per heavy atom. The minimum absolute atomic E-state index is 0.0235. The topological polar surface area (TPSA) is 163 Å². The quantitative estimate of drug-likeness (QED) is 0.149. The minimum atomic E-state index is -1.38. The van der Waals surface area contributed by atoms with Crippen LogP contribution in [0.1, 0.15) is 81.6 Å². The lowest BCUT2D eigenvalue weighted by atomic mass is 9.77. The van der Waals surface area contributed by atoms with E-state index in [2.05, 4.69) is 0 Å².